The van der Waals surface area contributed by atoms with Crippen molar-refractivity contribution in [1.29, 1.82) is 0 Å². The number of benzene rings is 2. The Morgan fingerprint density at radius 1 is 1.21 bits per heavy atom. The number of hydrogen-bond acceptors (Lipinski definition) is 6. The fourth-order valence-electron chi connectivity index (χ4n) is 2.82. The van der Waals surface area contributed by atoms with Crippen LogP contribution < -0.4 is 10.1 Å². The molecule has 0 aliphatic heterocycles. The number of aromatic amines is 1. The van der Waals surface area contributed by atoms with Gasteiger partial charge < -0.3 is 10.1 Å². The maximum absolute atomic E-state index is 12.8. The van der Waals surface area contributed by atoms with Crippen LogP contribution in [0.15, 0.2) is 70.4 Å². The van der Waals surface area contributed by atoms with Crippen LogP contribution >= 0.6 is 23.1 Å². The van der Waals surface area contributed by atoms with E-state index in [4.69, 9.17) is 4.74 Å². The molecule has 146 valence electrons. The van der Waals surface area contributed by atoms with E-state index in [2.05, 4.69) is 20.5 Å². The highest BCUT2D eigenvalue weighted by Gasteiger charge is 2.15. The number of carbonyl (C=O) groups excluding carboxylic acids is 1. The van der Waals surface area contributed by atoms with E-state index in [0.29, 0.717) is 17.1 Å². The lowest BCUT2D eigenvalue weighted by Gasteiger charge is -2.08. The number of nitrogens with one attached hydrogen (secondary N) is 2. The SMILES string of the molecule is COc1ccccc1-c1cc(NC(=O)c2ccccc2SCc2cscn2)n[nH]1. The van der Waals surface area contributed by atoms with E-state index in [1.807, 2.05) is 59.4 Å². The summed E-state index contributed by atoms with van der Waals surface area (Å²) in [5.74, 6) is 1.70. The molecular formula is C21H18N4O2S2. The number of thiazole rings is 1. The molecule has 0 bridgehead atoms. The smallest absolute Gasteiger partial charge is 0.257 e. The average Bonchev–Trinajstić information content (AvgIpc) is 3.44. The first-order chi connectivity index (χ1) is 14.2. The number of rotatable bonds is 7. The summed E-state index contributed by atoms with van der Waals surface area (Å²) in [7, 11) is 1.62. The molecule has 6 nitrogen and oxygen atoms in total. The number of methoxy groups -OCH3 is 1. The van der Waals surface area contributed by atoms with Gasteiger partial charge in [0.15, 0.2) is 5.82 Å². The minimum absolute atomic E-state index is 0.204. The Morgan fingerprint density at radius 2 is 2.03 bits per heavy atom. The van der Waals surface area contributed by atoms with Crippen LogP contribution in [-0.2, 0) is 5.75 Å². The maximum Gasteiger partial charge on any atom is 0.257 e. The second-order valence-corrected chi connectivity index (χ2v) is 7.82. The largest absolute Gasteiger partial charge is 0.496 e. The minimum atomic E-state index is -0.204. The van der Waals surface area contributed by atoms with E-state index in [9.17, 15) is 4.79 Å². The van der Waals surface area contributed by atoms with E-state index in [0.717, 1.165) is 27.6 Å². The number of carbonyl (C=O) groups is 1. The fraction of sp³-hybridized carbons (Fsp3) is 0.0952. The number of aromatic nitrogens is 3. The molecule has 2 N–H and O–H groups in total. The molecule has 29 heavy (non-hydrogen) atoms. The highest BCUT2D eigenvalue weighted by molar-refractivity contribution is 7.98. The molecule has 0 radical (unpaired) electrons. The Balaban J connectivity index is 1.50. The number of ether oxygens (including phenoxy) is 1. The number of hydrogen-bond donors (Lipinski definition) is 2. The molecule has 8 heteroatoms. The Bertz CT molecular complexity index is 1110. The summed E-state index contributed by atoms with van der Waals surface area (Å²) < 4.78 is 5.39. The third kappa shape index (κ3) is 4.49. The molecule has 0 saturated heterocycles. The van der Waals surface area contributed by atoms with Gasteiger partial charge in [0.25, 0.3) is 5.91 Å². The molecular weight excluding hydrogens is 404 g/mol. The van der Waals surface area contributed by atoms with Gasteiger partial charge in [-0.05, 0) is 24.3 Å². The standard InChI is InChI=1S/C21H18N4O2S2/c1-27-18-8-4-2-6-15(18)17-10-20(25-24-17)23-21(26)16-7-3-5-9-19(16)29-12-14-11-28-13-22-14/h2-11,13H,12H2,1H3,(H2,23,24,25,26). The van der Waals surface area contributed by atoms with Crippen LogP contribution in [0.1, 0.15) is 16.1 Å². The third-order valence-electron chi connectivity index (χ3n) is 4.21. The highest BCUT2D eigenvalue weighted by atomic mass is 32.2. The third-order valence-corrected chi connectivity index (χ3v) is 5.95. The molecule has 2 aromatic heterocycles. The lowest BCUT2D eigenvalue weighted by molar-refractivity contribution is 0.102. The van der Waals surface area contributed by atoms with Gasteiger partial charge >= 0.3 is 0 Å². The van der Waals surface area contributed by atoms with Crippen LogP contribution in [0.25, 0.3) is 11.3 Å². The zero-order valence-corrected chi connectivity index (χ0v) is 17.2. The molecule has 4 aromatic rings. The van der Waals surface area contributed by atoms with Gasteiger partial charge in [0.2, 0.25) is 0 Å². The average molecular weight is 423 g/mol. The molecule has 1 amide bonds. The minimum Gasteiger partial charge on any atom is -0.496 e. The molecule has 0 aliphatic carbocycles. The van der Waals surface area contributed by atoms with Gasteiger partial charge in [-0.25, -0.2) is 4.98 Å². The number of thioether (sulfide) groups is 1. The predicted octanol–water partition coefficient (Wildman–Crippen LogP) is 5.09. The van der Waals surface area contributed by atoms with E-state index >= 15 is 0 Å². The van der Waals surface area contributed by atoms with E-state index < -0.39 is 0 Å². The van der Waals surface area contributed by atoms with Crippen molar-refractivity contribution in [3.05, 3.63) is 76.7 Å². The van der Waals surface area contributed by atoms with Crippen molar-refractivity contribution in [2.45, 2.75) is 10.6 Å². The van der Waals surface area contributed by atoms with E-state index in [1.54, 1.807) is 36.3 Å². The van der Waals surface area contributed by atoms with Crippen LogP contribution in [0.5, 0.6) is 5.75 Å². The molecule has 0 saturated carbocycles. The van der Waals surface area contributed by atoms with Crippen molar-refractivity contribution >= 4 is 34.8 Å². The van der Waals surface area contributed by atoms with Gasteiger partial charge in [0, 0.05) is 27.7 Å². The topological polar surface area (TPSA) is 79.9 Å². The van der Waals surface area contributed by atoms with Crippen molar-refractivity contribution in [3.63, 3.8) is 0 Å². The van der Waals surface area contributed by atoms with Crippen LogP contribution in [0, 0.1) is 0 Å². The number of amides is 1. The fourth-order valence-corrected chi connectivity index (χ4v) is 4.43. The molecule has 0 spiro atoms. The normalized spacial score (nSPS) is 10.7. The summed E-state index contributed by atoms with van der Waals surface area (Å²) in [5, 5.41) is 12.1. The van der Waals surface area contributed by atoms with E-state index in [1.165, 1.54) is 0 Å². The van der Waals surface area contributed by atoms with Gasteiger partial charge in [0.05, 0.1) is 29.6 Å². The van der Waals surface area contributed by atoms with Crippen molar-refractivity contribution in [2.24, 2.45) is 0 Å². The van der Waals surface area contributed by atoms with Crippen LogP contribution in [-0.4, -0.2) is 28.2 Å². The number of para-hydroxylation sites is 1. The molecule has 0 fully saturated rings. The van der Waals surface area contributed by atoms with Crippen molar-refractivity contribution < 1.29 is 9.53 Å². The van der Waals surface area contributed by atoms with E-state index in [-0.39, 0.29) is 5.91 Å². The molecule has 4 rings (SSSR count). The van der Waals surface area contributed by atoms with Crippen LogP contribution in [0.2, 0.25) is 0 Å². The van der Waals surface area contributed by atoms with Crippen LogP contribution in [0.3, 0.4) is 0 Å². The van der Waals surface area contributed by atoms with Crippen molar-refractivity contribution in [3.8, 4) is 17.0 Å². The highest BCUT2D eigenvalue weighted by Crippen LogP contribution is 2.30. The number of H-pyrrole nitrogens is 1. The van der Waals surface area contributed by atoms with Gasteiger partial charge in [0.1, 0.15) is 5.75 Å². The Morgan fingerprint density at radius 3 is 2.86 bits per heavy atom. The Hall–Kier alpha value is -3.10. The Kier molecular flexibility index (Phi) is 5.92. The first-order valence-corrected chi connectivity index (χ1v) is 10.8. The summed E-state index contributed by atoms with van der Waals surface area (Å²) in [6.45, 7) is 0. The molecule has 0 atom stereocenters. The van der Waals surface area contributed by atoms with Gasteiger partial charge in [-0.15, -0.1) is 23.1 Å². The summed E-state index contributed by atoms with van der Waals surface area (Å²) in [5.41, 5.74) is 5.07. The molecule has 0 unspecified atom stereocenters. The second kappa shape index (κ2) is 8.93. The lowest BCUT2D eigenvalue weighted by Crippen LogP contribution is -2.13. The predicted molar refractivity (Wildman–Crippen MR) is 117 cm³/mol. The number of anilines is 1. The zero-order valence-electron chi connectivity index (χ0n) is 15.6. The summed E-state index contributed by atoms with van der Waals surface area (Å²) in [6.07, 6.45) is 0. The summed E-state index contributed by atoms with van der Waals surface area (Å²) in [4.78, 5) is 18.0. The number of nitrogens with zero attached hydrogens (tertiary/aromatic N) is 2. The van der Waals surface area contributed by atoms with Gasteiger partial charge in [-0.3, -0.25) is 9.89 Å². The van der Waals surface area contributed by atoms with Crippen molar-refractivity contribution in [2.75, 3.05) is 12.4 Å². The monoisotopic (exact) mass is 422 g/mol. The summed E-state index contributed by atoms with van der Waals surface area (Å²) >= 11 is 3.15. The van der Waals surface area contributed by atoms with Gasteiger partial charge in [-0.1, -0.05) is 24.3 Å². The van der Waals surface area contributed by atoms with Gasteiger partial charge in [-0.2, -0.15) is 5.10 Å². The zero-order chi connectivity index (χ0) is 20.1. The summed E-state index contributed by atoms with van der Waals surface area (Å²) in [6, 6.07) is 17.0. The quantitative estimate of drug-likeness (QED) is 0.406. The lowest BCUT2D eigenvalue weighted by atomic mass is 10.1. The molecule has 0 aliphatic rings. The molecule has 2 heterocycles. The first kappa shape index (κ1) is 19.2. The molecule has 2 aromatic carbocycles. The maximum atomic E-state index is 12.8. The first-order valence-electron chi connectivity index (χ1n) is 8.83. The van der Waals surface area contributed by atoms with Crippen LogP contribution in [0.4, 0.5) is 5.82 Å². The van der Waals surface area contributed by atoms with Crippen molar-refractivity contribution in [1.82, 2.24) is 15.2 Å². The second-order valence-electron chi connectivity index (χ2n) is 6.09. The Labute approximate surface area is 176 Å².